The second-order valence-corrected chi connectivity index (χ2v) is 4.24. The molecule has 1 aliphatic rings. The van der Waals surface area contributed by atoms with Crippen LogP contribution in [-0.2, 0) is 11.3 Å². The van der Waals surface area contributed by atoms with E-state index in [0.29, 0.717) is 6.54 Å². The van der Waals surface area contributed by atoms with Crippen molar-refractivity contribution in [3.05, 3.63) is 30.1 Å². The molecule has 0 radical (unpaired) electrons. The number of nitrogens with zero attached hydrogens (tertiary/aromatic N) is 2. The summed E-state index contributed by atoms with van der Waals surface area (Å²) in [5, 5.41) is 3.21. The number of pyridine rings is 1. The molecule has 2 rings (SSSR count). The number of aromatic nitrogens is 1. The standard InChI is InChI=1S/C12H17N3O.2ClH/c1-15(9-10-2-5-13-6-3-10)12(16)11-4-7-14-8-11;;/h2-3,5-6,11,14H,4,7-9H2,1H3;2*1H. The number of rotatable bonds is 3. The summed E-state index contributed by atoms with van der Waals surface area (Å²) in [6, 6.07) is 3.88. The number of hydrogen-bond acceptors (Lipinski definition) is 3. The minimum absolute atomic E-state index is 0. The van der Waals surface area contributed by atoms with Crippen molar-refractivity contribution in [3.63, 3.8) is 0 Å². The average Bonchev–Trinajstić information content (AvgIpc) is 2.83. The Morgan fingerprint density at radius 2 is 2.11 bits per heavy atom. The van der Waals surface area contributed by atoms with Gasteiger partial charge in [-0.2, -0.15) is 0 Å². The third-order valence-corrected chi connectivity index (χ3v) is 2.95. The summed E-state index contributed by atoms with van der Waals surface area (Å²) in [5.74, 6) is 0.397. The van der Waals surface area contributed by atoms with Gasteiger partial charge in [-0.05, 0) is 30.7 Å². The Morgan fingerprint density at radius 3 is 2.67 bits per heavy atom. The molecule has 6 heteroatoms. The summed E-state index contributed by atoms with van der Waals surface area (Å²) < 4.78 is 0. The van der Waals surface area contributed by atoms with Crippen LogP contribution in [-0.4, -0.2) is 35.9 Å². The molecule has 0 saturated carbocycles. The molecule has 1 atom stereocenters. The number of amides is 1. The van der Waals surface area contributed by atoms with Crippen molar-refractivity contribution in [1.82, 2.24) is 15.2 Å². The fourth-order valence-electron chi connectivity index (χ4n) is 2.02. The van der Waals surface area contributed by atoms with Gasteiger partial charge in [0.25, 0.3) is 0 Å². The molecule has 0 aromatic carbocycles. The lowest BCUT2D eigenvalue weighted by atomic mass is 10.1. The highest BCUT2D eigenvalue weighted by Crippen LogP contribution is 2.12. The summed E-state index contributed by atoms with van der Waals surface area (Å²) in [6.45, 7) is 2.44. The number of carbonyl (C=O) groups is 1. The van der Waals surface area contributed by atoms with Crippen LogP contribution in [0.1, 0.15) is 12.0 Å². The minimum Gasteiger partial charge on any atom is -0.341 e. The number of nitrogens with one attached hydrogen (secondary N) is 1. The predicted molar refractivity (Wildman–Crippen MR) is 76.2 cm³/mol. The van der Waals surface area contributed by atoms with E-state index < -0.39 is 0 Å². The zero-order valence-corrected chi connectivity index (χ0v) is 12.0. The largest absolute Gasteiger partial charge is 0.341 e. The summed E-state index contributed by atoms with van der Waals surface area (Å²) in [4.78, 5) is 17.8. The second-order valence-electron chi connectivity index (χ2n) is 4.24. The molecule has 102 valence electrons. The first-order chi connectivity index (χ1) is 7.77. The third-order valence-electron chi connectivity index (χ3n) is 2.95. The van der Waals surface area contributed by atoms with E-state index in [0.717, 1.165) is 25.1 Å². The molecule has 1 aliphatic heterocycles. The molecule has 0 bridgehead atoms. The maximum Gasteiger partial charge on any atom is 0.227 e. The van der Waals surface area contributed by atoms with Crippen LogP contribution in [0, 0.1) is 5.92 Å². The van der Waals surface area contributed by atoms with E-state index in [4.69, 9.17) is 0 Å². The van der Waals surface area contributed by atoms with Gasteiger partial charge in [-0.15, -0.1) is 24.8 Å². The highest BCUT2D eigenvalue weighted by Gasteiger charge is 2.24. The summed E-state index contributed by atoms with van der Waals surface area (Å²) >= 11 is 0. The maximum atomic E-state index is 12.0. The molecule has 4 nitrogen and oxygen atoms in total. The zero-order chi connectivity index (χ0) is 11.4. The first kappa shape index (κ1) is 17.2. The molecule has 1 aromatic heterocycles. The molecule has 18 heavy (non-hydrogen) atoms. The molecule has 1 amide bonds. The van der Waals surface area contributed by atoms with Gasteiger partial charge in [0.15, 0.2) is 0 Å². The van der Waals surface area contributed by atoms with Gasteiger partial charge in [0.2, 0.25) is 5.91 Å². The van der Waals surface area contributed by atoms with E-state index in [1.165, 1.54) is 0 Å². The van der Waals surface area contributed by atoms with Crippen LogP contribution in [0.5, 0.6) is 0 Å². The fraction of sp³-hybridized carbons (Fsp3) is 0.500. The number of hydrogen-bond donors (Lipinski definition) is 1. The van der Waals surface area contributed by atoms with Gasteiger partial charge in [-0.25, -0.2) is 0 Å². The molecule has 0 spiro atoms. The summed E-state index contributed by atoms with van der Waals surface area (Å²) in [5.41, 5.74) is 1.12. The van der Waals surface area contributed by atoms with Gasteiger partial charge in [0, 0.05) is 32.5 Å². The normalized spacial score (nSPS) is 17.5. The van der Waals surface area contributed by atoms with Crippen molar-refractivity contribution < 1.29 is 4.79 Å². The Balaban J connectivity index is 0.00000144. The van der Waals surface area contributed by atoms with Gasteiger partial charge < -0.3 is 10.2 Å². The van der Waals surface area contributed by atoms with Crippen LogP contribution >= 0.6 is 24.8 Å². The van der Waals surface area contributed by atoms with E-state index in [-0.39, 0.29) is 36.6 Å². The van der Waals surface area contributed by atoms with Crippen LogP contribution in [0.15, 0.2) is 24.5 Å². The second kappa shape index (κ2) is 8.29. The zero-order valence-electron chi connectivity index (χ0n) is 10.3. The lowest BCUT2D eigenvalue weighted by Gasteiger charge is -2.20. The third kappa shape index (κ3) is 4.44. The van der Waals surface area contributed by atoms with E-state index in [1.807, 2.05) is 19.2 Å². The van der Waals surface area contributed by atoms with Gasteiger partial charge in [0.1, 0.15) is 0 Å². The van der Waals surface area contributed by atoms with Gasteiger partial charge in [0.05, 0.1) is 5.92 Å². The van der Waals surface area contributed by atoms with Crippen molar-refractivity contribution in [2.45, 2.75) is 13.0 Å². The molecule has 1 aromatic rings. The number of carbonyl (C=O) groups excluding carboxylic acids is 1. The molecule has 1 unspecified atom stereocenters. The van der Waals surface area contributed by atoms with Gasteiger partial charge in [-0.3, -0.25) is 9.78 Å². The summed E-state index contributed by atoms with van der Waals surface area (Å²) in [6.07, 6.45) is 4.47. The maximum absolute atomic E-state index is 12.0. The Labute approximate surface area is 120 Å². The molecular weight excluding hydrogens is 273 g/mol. The van der Waals surface area contributed by atoms with Crippen LogP contribution in [0.4, 0.5) is 0 Å². The topological polar surface area (TPSA) is 45.2 Å². The number of halogens is 2. The van der Waals surface area contributed by atoms with E-state index in [2.05, 4.69) is 10.3 Å². The Kier molecular flexibility index (Phi) is 7.91. The highest BCUT2D eigenvalue weighted by atomic mass is 35.5. The molecule has 1 saturated heterocycles. The van der Waals surface area contributed by atoms with Crippen LogP contribution in [0.25, 0.3) is 0 Å². The van der Waals surface area contributed by atoms with E-state index in [1.54, 1.807) is 17.3 Å². The SMILES string of the molecule is CN(Cc1ccncc1)C(=O)C1CCNC1.Cl.Cl. The van der Waals surface area contributed by atoms with Gasteiger partial charge >= 0.3 is 0 Å². The Hall–Kier alpha value is -0.840. The van der Waals surface area contributed by atoms with E-state index >= 15 is 0 Å². The lowest BCUT2D eigenvalue weighted by Crippen LogP contribution is -2.33. The molecule has 1 N–H and O–H groups in total. The first-order valence-electron chi connectivity index (χ1n) is 5.62. The predicted octanol–water partition coefficient (Wildman–Crippen LogP) is 1.49. The molecule has 2 heterocycles. The average molecular weight is 292 g/mol. The van der Waals surface area contributed by atoms with Crippen molar-refractivity contribution >= 4 is 30.7 Å². The van der Waals surface area contributed by atoms with Crippen LogP contribution in [0.2, 0.25) is 0 Å². The minimum atomic E-state index is 0. The molecule has 1 fully saturated rings. The first-order valence-corrected chi connectivity index (χ1v) is 5.62. The Bertz CT molecular complexity index is 356. The van der Waals surface area contributed by atoms with E-state index in [9.17, 15) is 4.79 Å². The fourth-order valence-corrected chi connectivity index (χ4v) is 2.02. The molecular formula is C12H19Cl2N3O. The van der Waals surface area contributed by atoms with Crippen molar-refractivity contribution in [3.8, 4) is 0 Å². The smallest absolute Gasteiger partial charge is 0.227 e. The summed E-state index contributed by atoms with van der Waals surface area (Å²) in [7, 11) is 1.86. The molecule has 0 aliphatic carbocycles. The Morgan fingerprint density at radius 1 is 1.44 bits per heavy atom. The quantitative estimate of drug-likeness (QED) is 0.918. The van der Waals surface area contributed by atoms with Crippen molar-refractivity contribution in [1.29, 1.82) is 0 Å². The lowest BCUT2D eigenvalue weighted by molar-refractivity contribution is -0.134. The van der Waals surface area contributed by atoms with Crippen molar-refractivity contribution in [2.24, 2.45) is 5.92 Å². The monoisotopic (exact) mass is 291 g/mol. The van der Waals surface area contributed by atoms with Crippen LogP contribution in [0.3, 0.4) is 0 Å². The van der Waals surface area contributed by atoms with Crippen LogP contribution < -0.4 is 5.32 Å². The highest BCUT2D eigenvalue weighted by molar-refractivity contribution is 5.85. The van der Waals surface area contributed by atoms with Gasteiger partial charge in [-0.1, -0.05) is 0 Å². The van der Waals surface area contributed by atoms with Crippen molar-refractivity contribution in [2.75, 3.05) is 20.1 Å².